The van der Waals surface area contributed by atoms with Crippen molar-refractivity contribution in [1.82, 2.24) is 5.32 Å². The van der Waals surface area contributed by atoms with Crippen LogP contribution in [0.5, 0.6) is 5.75 Å². The SMILES string of the molecule is COc1ccc(CC(=O)NC2CCOC2)cc1S(N)(=O)=O. The van der Waals surface area contributed by atoms with Crippen LogP contribution in [0.1, 0.15) is 12.0 Å². The van der Waals surface area contributed by atoms with E-state index in [-0.39, 0.29) is 29.0 Å². The van der Waals surface area contributed by atoms with Gasteiger partial charge in [-0.25, -0.2) is 13.6 Å². The molecule has 0 radical (unpaired) electrons. The molecule has 2 rings (SSSR count). The van der Waals surface area contributed by atoms with Crippen molar-refractivity contribution in [2.45, 2.75) is 23.8 Å². The number of methoxy groups -OCH3 is 1. The molecule has 1 atom stereocenters. The van der Waals surface area contributed by atoms with E-state index in [0.29, 0.717) is 18.8 Å². The number of rotatable bonds is 5. The molecule has 116 valence electrons. The van der Waals surface area contributed by atoms with Gasteiger partial charge in [0.1, 0.15) is 10.6 Å². The van der Waals surface area contributed by atoms with E-state index in [0.717, 1.165) is 6.42 Å². The Balaban J connectivity index is 2.11. The van der Waals surface area contributed by atoms with Gasteiger partial charge in [-0.05, 0) is 24.1 Å². The van der Waals surface area contributed by atoms with Crippen LogP contribution in [0.2, 0.25) is 0 Å². The Hall–Kier alpha value is -1.64. The zero-order valence-corrected chi connectivity index (χ0v) is 12.5. The van der Waals surface area contributed by atoms with E-state index < -0.39 is 10.0 Å². The molecule has 1 aromatic rings. The van der Waals surface area contributed by atoms with Crippen LogP contribution >= 0.6 is 0 Å². The zero-order valence-electron chi connectivity index (χ0n) is 11.7. The highest BCUT2D eigenvalue weighted by Gasteiger charge is 2.19. The molecule has 1 aromatic carbocycles. The lowest BCUT2D eigenvalue weighted by molar-refractivity contribution is -0.121. The molecule has 21 heavy (non-hydrogen) atoms. The van der Waals surface area contributed by atoms with E-state index in [1.807, 2.05) is 0 Å². The summed E-state index contributed by atoms with van der Waals surface area (Å²) in [5.41, 5.74) is 0.552. The highest BCUT2D eigenvalue weighted by Crippen LogP contribution is 2.23. The van der Waals surface area contributed by atoms with Gasteiger partial charge in [-0.1, -0.05) is 6.07 Å². The second-order valence-corrected chi connectivity index (χ2v) is 6.36. The molecule has 1 saturated heterocycles. The number of carbonyl (C=O) groups excluding carboxylic acids is 1. The Morgan fingerprint density at radius 2 is 2.29 bits per heavy atom. The van der Waals surface area contributed by atoms with Crippen LogP contribution in [0, 0.1) is 0 Å². The summed E-state index contributed by atoms with van der Waals surface area (Å²) < 4.78 is 33.2. The van der Waals surface area contributed by atoms with Crippen LogP contribution in [0.25, 0.3) is 0 Å². The quantitative estimate of drug-likeness (QED) is 0.782. The lowest BCUT2D eigenvalue weighted by Gasteiger charge is -2.12. The molecule has 1 aliphatic rings. The number of primary sulfonamides is 1. The minimum Gasteiger partial charge on any atom is -0.495 e. The Morgan fingerprint density at radius 3 is 2.86 bits per heavy atom. The minimum atomic E-state index is -3.90. The van der Waals surface area contributed by atoms with Crippen molar-refractivity contribution in [2.75, 3.05) is 20.3 Å². The molecule has 1 aliphatic heterocycles. The van der Waals surface area contributed by atoms with Gasteiger partial charge in [0, 0.05) is 6.61 Å². The molecular weight excluding hydrogens is 296 g/mol. The number of nitrogens with two attached hydrogens (primary N) is 1. The minimum absolute atomic E-state index is 0.0217. The van der Waals surface area contributed by atoms with Crippen molar-refractivity contribution < 1.29 is 22.7 Å². The number of carbonyl (C=O) groups is 1. The van der Waals surface area contributed by atoms with Gasteiger partial charge < -0.3 is 14.8 Å². The first-order chi connectivity index (χ1) is 9.90. The van der Waals surface area contributed by atoms with E-state index >= 15 is 0 Å². The monoisotopic (exact) mass is 314 g/mol. The fourth-order valence-corrected chi connectivity index (χ4v) is 2.91. The van der Waals surface area contributed by atoms with Gasteiger partial charge in [0.05, 0.1) is 26.2 Å². The molecular formula is C13H18N2O5S. The summed E-state index contributed by atoms with van der Waals surface area (Å²) in [6.07, 6.45) is 0.861. The highest BCUT2D eigenvalue weighted by atomic mass is 32.2. The van der Waals surface area contributed by atoms with Crippen molar-refractivity contribution >= 4 is 15.9 Å². The summed E-state index contributed by atoms with van der Waals surface area (Å²) in [5, 5.41) is 7.98. The van der Waals surface area contributed by atoms with E-state index in [2.05, 4.69) is 5.32 Å². The fraction of sp³-hybridized carbons (Fsp3) is 0.462. The third-order valence-corrected chi connectivity index (χ3v) is 4.13. The lowest BCUT2D eigenvalue weighted by Crippen LogP contribution is -2.36. The molecule has 1 amide bonds. The van der Waals surface area contributed by atoms with E-state index in [9.17, 15) is 13.2 Å². The van der Waals surface area contributed by atoms with Gasteiger partial charge in [-0.15, -0.1) is 0 Å². The maximum atomic E-state index is 11.9. The number of nitrogens with one attached hydrogen (secondary N) is 1. The van der Waals surface area contributed by atoms with Crippen LogP contribution in [-0.2, 0) is 26.0 Å². The molecule has 1 unspecified atom stereocenters. The second kappa shape index (κ2) is 6.42. The summed E-state index contributed by atoms with van der Waals surface area (Å²) in [4.78, 5) is 11.8. The average molecular weight is 314 g/mol. The second-order valence-electron chi connectivity index (χ2n) is 4.84. The van der Waals surface area contributed by atoms with E-state index in [1.54, 1.807) is 6.07 Å². The first kappa shape index (κ1) is 15.7. The molecule has 1 fully saturated rings. The van der Waals surface area contributed by atoms with Crippen LogP contribution in [-0.4, -0.2) is 40.7 Å². The molecule has 0 aliphatic carbocycles. The highest BCUT2D eigenvalue weighted by molar-refractivity contribution is 7.89. The Morgan fingerprint density at radius 1 is 1.52 bits per heavy atom. The number of hydrogen-bond acceptors (Lipinski definition) is 5. The van der Waals surface area contributed by atoms with Gasteiger partial charge in [0.25, 0.3) is 0 Å². The summed E-state index contributed by atoms with van der Waals surface area (Å²) >= 11 is 0. The molecule has 8 heteroatoms. The average Bonchev–Trinajstić information content (AvgIpc) is 2.90. The molecule has 7 nitrogen and oxygen atoms in total. The first-order valence-electron chi connectivity index (χ1n) is 6.47. The van der Waals surface area contributed by atoms with Gasteiger partial charge in [-0.3, -0.25) is 4.79 Å². The van der Waals surface area contributed by atoms with Crippen molar-refractivity contribution in [3.63, 3.8) is 0 Å². The predicted octanol–water partition coefficient (Wildman–Crippen LogP) is -0.210. The molecule has 0 saturated carbocycles. The van der Waals surface area contributed by atoms with Gasteiger partial charge in [-0.2, -0.15) is 0 Å². The third kappa shape index (κ3) is 4.16. The van der Waals surface area contributed by atoms with Crippen LogP contribution in [0.4, 0.5) is 0 Å². The van der Waals surface area contributed by atoms with Crippen molar-refractivity contribution in [1.29, 1.82) is 0 Å². The smallest absolute Gasteiger partial charge is 0.241 e. The Bertz CT molecular complexity index is 623. The number of sulfonamides is 1. The van der Waals surface area contributed by atoms with Gasteiger partial charge in [0.15, 0.2) is 0 Å². The van der Waals surface area contributed by atoms with Crippen LogP contribution < -0.4 is 15.2 Å². The summed E-state index contributed by atoms with van der Waals surface area (Å²) in [7, 11) is -2.55. The van der Waals surface area contributed by atoms with Gasteiger partial charge in [0.2, 0.25) is 15.9 Å². The first-order valence-corrected chi connectivity index (χ1v) is 8.01. The van der Waals surface area contributed by atoms with Crippen molar-refractivity contribution in [3.8, 4) is 5.75 Å². The largest absolute Gasteiger partial charge is 0.495 e. The normalized spacial score (nSPS) is 18.5. The van der Waals surface area contributed by atoms with E-state index in [4.69, 9.17) is 14.6 Å². The topological polar surface area (TPSA) is 108 Å². The molecule has 0 bridgehead atoms. The van der Waals surface area contributed by atoms with Crippen molar-refractivity contribution in [3.05, 3.63) is 23.8 Å². The molecule has 1 heterocycles. The van der Waals surface area contributed by atoms with Crippen LogP contribution in [0.15, 0.2) is 23.1 Å². The third-order valence-electron chi connectivity index (χ3n) is 3.19. The summed E-state index contributed by atoms with van der Waals surface area (Å²) in [6, 6.07) is 4.51. The summed E-state index contributed by atoms with van der Waals surface area (Å²) in [6.45, 7) is 1.15. The molecule has 0 spiro atoms. The molecule has 0 aromatic heterocycles. The molecule has 3 N–H and O–H groups in total. The standard InChI is InChI=1S/C13H18N2O5S/c1-19-11-3-2-9(6-12(11)21(14,17)18)7-13(16)15-10-4-5-20-8-10/h2-3,6,10H,4-5,7-8H2,1H3,(H,15,16)(H2,14,17,18). The van der Waals surface area contributed by atoms with Crippen molar-refractivity contribution in [2.24, 2.45) is 5.14 Å². The summed E-state index contributed by atoms with van der Waals surface area (Å²) in [5.74, 6) is -0.0260. The maximum Gasteiger partial charge on any atom is 0.241 e. The van der Waals surface area contributed by atoms with Gasteiger partial charge >= 0.3 is 0 Å². The zero-order chi connectivity index (χ0) is 15.5. The lowest BCUT2D eigenvalue weighted by atomic mass is 10.1. The maximum absolute atomic E-state index is 11.9. The van der Waals surface area contributed by atoms with E-state index in [1.165, 1.54) is 19.2 Å². The number of ether oxygens (including phenoxy) is 2. The fourth-order valence-electron chi connectivity index (χ4n) is 2.17. The van der Waals surface area contributed by atoms with Crippen LogP contribution in [0.3, 0.4) is 0 Å². The predicted molar refractivity (Wildman–Crippen MR) is 75.4 cm³/mol. The Labute approximate surface area is 123 Å². The Kier molecular flexibility index (Phi) is 4.81. The number of hydrogen-bond donors (Lipinski definition) is 2. The number of amides is 1. The number of benzene rings is 1.